The summed E-state index contributed by atoms with van der Waals surface area (Å²) in [6.07, 6.45) is -0.503. The second-order valence-corrected chi connectivity index (χ2v) is 4.39. The van der Waals surface area contributed by atoms with Gasteiger partial charge in [-0.25, -0.2) is 15.1 Å². The van der Waals surface area contributed by atoms with Crippen LogP contribution in [0.25, 0.3) is 0 Å². The van der Waals surface area contributed by atoms with Crippen molar-refractivity contribution in [1.29, 1.82) is 0 Å². The van der Waals surface area contributed by atoms with Crippen molar-refractivity contribution in [3.63, 3.8) is 0 Å². The molecule has 0 unspecified atom stereocenters. The maximum absolute atomic E-state index is 11.4. The molecule has 0 rings (SSSR count). The largest absolute Gasteiger partial charge is 0.491 e. The molecule has 5 nitrogen and oxygen atoms in total. The highest BCUT2D eigenvalue weighted by atomic mass is 31.2. The fourth-order valence-corrected chi connectivity index (χ4v) is 1.77. The fourth-order valence-electron chi connectivity index (χ4n) is 0.591. The topological polar surface area (TPSA) is 70.8 Å². The third-order valence-corrected chi connectivity index (χ3v) is 2.43. The molecule has 0 aliphatic carbocycles. The van der Waals surface area contributed by atoms with Crippen LogP contribution in [-0.4, -0.2) is 12.2 Å². The van der Waals surface area contributed by atoms with E-state index < -0.39 is 7.82 Å². The van der Waals surface area contributed by atoms with E-state index in [1.54, 1.807) is 27.7 Å². The molecule has 0 atom stereocenters. The molecule has 0 saturated carbocycles. The highest BCUT2D eigenvalue weighted by molar-refractivity contribution is 7.48. The maximum atomic E-state index is 11.4. The number of phosphoric acid groups is 1. The highest BCUT2D eigenvalue weighted by Crippen LogP contribution is 2.49. The maximum Gasteiger partial charge on any atom is 0.491 e. The second-order valence-electron chi connectivity index (χ2n) is 2.86. The first-order valence-electron chi connectivity index (χ1n) is 3.75. The van der Waals surface area contributed by atoms with Gasteiger partial charge in [0.05, 0.1) is 12.2 Å². The van der Waals surface area contributed by atoms with Crippen molar-refractivity contribution in [2.45, 2.75) is 39.9 Å². The Hall–Kier alpha value is 0.0700. The van der Waals surface area contributed by atoms with Crippen molar-refractivity contribution < 1.29 is 18.2 Å². The van der Waals surface area contributed by atoms with E-state index in [0.29, 0.717) is 0 Å². The van der Waals surface area contributed by atoms with Crippen LogP contribution in [0.2, 0.25) is 0 Å². The molecule has 0 aromatic carbocycles. The molecule has 0 aliphatic rings. The zero-order chi connectivity index (χ0) is 9.78. The van der Waals surface area contributed by atoms with E-state index in [1.807, 2.05) is 0 Å². The second kappa shape index (κ2) is 4.94. The summed E-state index contributed by atoms with van der Waals surface area (Å²) in [5.41, 5.74) is 0. The highest BCUT2D eigenvalue weighted by Gasteiger charge is 2.28. The predicted octanol–water partition coefficient (Wildman–Crippen LogP) is 1.83. The molecule has 0 heterocycles. The molecule has 0 aromatic heterocycles. The Kier molecular flexibility index (Phi) is 4.97. The van der Waals surface area contributed by atoms with E-state index in [1.165, 1.54) is 0 Å². The van der Waals surface area contributed by atoms with Crippen LogP contribution in [-0.2, 0) is 18.2 Å². The first kappa shape index (κ1) is 12.1. The van der Waals surface area contributed by atoms with E-state index in [2.05, 4.69) is 4.62 Å². The third kappa shape index (κ3) is 4.85. The van der Waals surface area contributed by atoms with Gasteiger partial charge in [-0.3, -0.25) is 9.05 Å². The third-order valence-electron chi connectivity index (χ3n) is 0.809. The van der Waals surface area contributed by atoms with E-state index >= 15 is 0 Å². The molecule has 12 heavy (non-hydrogen) atoms. The lowest BCUT2D eigenvalue weighted by Crippen LogP contribution is -2.12. The van der Waals surface area contributed by atoms with Crippen molar-refractivity contribution in [2.75, 3.05) is 0 Å². The van der Waals surface area contributed by atoms with Gasteiger partial charge < -0.3 is 0 Å². The average Bonchev–Trinajstić information content (AvgIpc) is 1.83. The zero-order valence-electron chi connectivity index (χ0n) is 7.81. The summed E-state index contributed by atoms with van der Waals surface area (Å²) in [5, 5.41) is 0. The van der Waals surface area contributed by atoms with Crippen LogP contribution in [0.1, 0.15) is 27.7 Å². The van der Waals surface area contributed by atoms with Crippen LogP contribution in [0.15, 0.2) is 0 Å². The number of hydrogen-bond donors (Lipinski definition) is 1. The minimum Gasteiger partial charge on any atom is -0.283 e. The zero-order valence-corrected chi connectivity index (χ0v) is 8.71. The lowest BCUT2D eigenvalue weighted by molar-refractivity contribution is 0.0723. The fraction of sp³-hybridized carbons (Fsp3) is 1.00. The summed E-state index contributed by atoms with van der Waals surface area (Å²) in [5.74, 6) is 4.79. The van der Waals surface area contributed by atoms with Crippen molar-refractivity contribution in [2.24, 2.45) is 5.90 Å². The van der Waals surface area contributed by atoms with Gasteiger partial charge in [0.1, 0.15) is 0 Å². The Morgan fingerprint density at radius 2 is 1.42 bits per heavy atom. The Morgan fingerprint density at radius 1 is 1.08 bits per heavy atom. The Balaban J connectivity index is 4.15. The van der Waals surface area contributed by atoms with Crippen LogP contribution < -0.4 is 5.90 Å². The van der Waals surface area contributed by atoms with Crippen molar-refractivity contribution in [3.05, 3.63) is 0 Å². The summed E-state index contributed by atoms with van der Waals surface area (Å²) < 4.78 is 25.3. The lowest BCUT2D eigenvalue weighted by atomic mass is 10.5. The first-order chi connectivity index (χ1) is 5.39. The number of phosphoric ester groups is 1. The van der Waals surface area contributed by atoms with Crippen LogP contribution in [0.4, 0.5) is 0 Å². The molecule has 6 heteroatoms. The predicted molar refractivity (Wildman–Crippen MR) is 45.3 cm³/mol. The lowest BCUT2D eigenvalue weighted by Gasteiger charge is -2.18. The number of nitrogens with two attached hydrogens (primary N) is 1. The van der Waals surface area contributed by atoms with E-state index in [9.17, 15) is 4.57 Å². The van der Waals surface area contributed by atoms with Gasteiger partial charge >= 0.3 is 7.82 Å². The molecular weight excluding hydrogens is 181 g/mol. The van der Waals surface area contributed by atoms with Gasteiger partial charge in [0, 0.05) is 0 Å². The molecule has 74 valence electrons. The number of hydrogen-bond acceptors (Lipinski definition) is 5. The Morgan fingerprint density at radius 3 is 1.58 bits per heavy atom. The standard InChI is InChI=1S/C6H16NO4P/c1-5(2)9-12(8,11-7)10-6(3)4/h5-6H,7H2,1-4H3. The van der Waals surface area contributed by atoms with E-state index in [4.69, 9.17) is 14.9 Å². The van der Waals surface area contributed by atoms with Gasteiger partial charge in [-0.1, -0.05) is 0 Å². The molecule has 2 N–H and O–H groups in total. The normalized spacial score (nSPS) is 12.9. The van der Waals surface area contributed by atoms with Gasteiger partial charge in [0.15, 0.2) is 0 Å². The molecular formula is C6H16NO4P. The first-order valence-corrected chi connectivity index (χ1v) is 5.21. The van der Waals surface area contributed by atoms with Gasteiger partial charge in [-0.2, -0.15) is 0 Å². The Bertz CT molecular complexity index is 157. The van der Waals surface area contributed by atoms with E-state index in [0.717, 1.165) is 0 Å². The molecule has 0 bridgehead atoms. The molecule has 0 amide bonds. The number of rotatable bonds is 5. The summed E-state index contributed by atoms with van der Waals surface area (Å²) in [6.45, 7) is 6.87. The summed E-state index contributed by atoms with van der Waals surface area (Å²) in [4.78, 5) is 0. The molecule has 0 spiro atoms. The molecule has 0 fully saturated rings. The Labute approximate surface area is 72.7 Å². The van der Waals surface area contributed by atoms with Gasteiger partial charge in [-0.15, -0.1) is 0 Å². The summed E-state index contributed by atoms with van der Waals surface area (Å²) in [7, 11) is -3.53. The van der Waals surface area contributed by atoms with Crippen molar-refractivity contribution in [1.82, 2.24) is 0 Å². The van der Waals surface area contributed by atoms with Gasteiger partial charge in [-0.05, 0) is 27.7 Å². The van der Waals surface area contributed by atoms with Crippen LogP contribution in [0, 0.1) is 0 Å². The molecule has 0 aromatic rings. The summed E-state index contributed by atoms with van der Waals surface area (Å²) >= 11 is 0. The van der Waals surface area contributed by atoms with Crippen molar-refractivity contribution in [3.8, 4) is 0 Å². The van der Waals surface area contributed by atoms with Gasteiger partial charge in [0.25, 0.3) is 0 Å². The minimum absolute atomic E-state index is 0.252. The quantitative estimate of drug-likeness (QED) is 0.537. The van der Waals surface area contributed by atoms with Crippen LogP contribution in [0.3, 0.4) is 0 Å². The minimum atomic E-state index is -3.53. The smallest absolute Gasteiger partial charge is 0.283 e. The summed E-state index contributed by atoms with van der Waals surface area (Å²) in [6, 6.07) is 0. The average molecular weight is 197 g/mol. The molecule has 0 radical (unpaired) electrons. The molecule has 0 saturated heterocycles. The molecule has 0 aliphatic heterocycles. The van der Waals surface area contributed by atoms with Crippen LogP contribution >= 0.6 is 7.82 Å². The van der Waals surface area contributed by atoms with E-state index in [-0.39, 0.29) is 12.2 Å². The van der Waals surface area contributed by atoms with Gasteiger partial charge in [0.2, 0.25) is 0 Å². The monoisotopic (exact) mass is 197 g/mol. The SMILES string of the molecule is CC(C)OP(=O)(ON)OC(C)C. The van der Waals surface area contributed by atoms with Crippen LogP contribution in [0.5, 0.6) is 0 Å². The van der Waals surface area contributed by atoms with Crippen molar-refractivity contribution >= 4 is 7.82 Å².